The molecule has 0 saturated carbocycles. The zero-order valence-corrected chi connectivity index (χ0v) is 13.1. The summed E-state index contributed by atoms with van der Waals surface area (Å²) in [6, 6.07) is 13.7. The van der Waals surface area contributed by atoms with E-state index in [0.29, 0.717) is 10.8 Å². The summed E-state index contributed by atoms with van der Waals surface area (Å²) in [5.74, 6) is 1.47. The minimum Gasteiger partial charge on any atom is -0.455 e. The van der Waals surface area contributed by atoms with E-state index in [2.05, 4.69) is 28.2 Å². The predicted octanol–water partition coefficient (Wildman–Crippen LogP) is 5.18. The van der Waals surface area contributed by atoms with Crippen LogP contribution in [0.2, 0.25) is 5.02 Å². The molecular formula is C15H15BrClNO. The van der Waals surface area contributed by atoms with Crippen LogP contribution in [0.5, 0.6) is 11.5 Å². The summed E-state index contributed by atoms with van der Waals surface area (Å²) in [6.07, 6.45) is 0. The second-order valence-corrected chi connectivity index (χ2v) is 5.55. The average molecular weight is 341 g/mol. The predicted molar refractivity (Wildman–Crippen MR) is 83.1 cm³/mol. The maximum absolute atomic E-state index is 6.17. The fraction of sp³-hybridized carbons (Fsp3) is 0.200. The second kappa shape index (κ2) is 6.42. The van der Waals surface area contributed by atoms with Crippen LogP contribution in [0.15, 0.2) is 46.9 Å². The molecule has 1 N–H and O–H groups in total. The van der Waals surface area contributed by atoms with Gasteiger partial charge in [0.15, 0.2) is 0 Å². The second-order valence-electron chi connectivity index (χ2n) is 4.22. The lowest BCUT2D eigenvalue weighted by molar-refractivity contribution is 0.466. The van der Waals surface area contributed by atoms with Gasteiger partial charge in [-0.2, -0.15) is 0 Å². The standard InChI is InChI=1S/C15H15BrClNO/c1-10(18-2)12-5-3-4-6-14(12)19-15-8-7-11(16)9-13(15)17/h3-10,18H,1-2H3. The molecule has 0 heterocycles. The van der Waals surface area contributed by atoms with Crippen molar-refractivity contribution in [3.05, 3.63) is 57.5 Å². The molecule has 19 heavy (non-hydrogen) atoms. The van der Waals surface area contributed by atoms with Crippen molar-refractivity contribution >= 4 is 27.5 Å². The van der Waals surface area contributed by atoms with Crippen LogP contribution in [0.1, 0.15) is 18.5 Å². The van der Waals surface area contributed by atoms with E-state index in [1.807, 2.05) is 49.5 Å². The van der Waals surface area contributed by atoms with Gasteiger partial charge in [-0.15, -0.1) is 0 Å². The minimum atomic E-state index is 0.213. The van der Waals surface area contributed by atoms with Crippen LogP contribution in [-0.2, 0) is 0 Å². The van der Waals surface area contributed by atoms with Gasteiger partial charge < -0.3 is 10.1 Å². The molecule has 0 aliphatic heterocycles. The number of hydrogen-bond acceptors (Lipinski definition) is 2. The monoisotopic (exact) mass is 339 g/mol. The lowest BCUT2D eigenvalue weighted by atomic mass is 10.1. The zero-order chi connectivity index (χ0) is 13.8. The Kier molecular flexibility index (Phi) is 4.86. The fourth-order valence-electron chi connectivity index (χ4n) is 1.76. The van der Waals surface area contributed by atoms with Crippen molar-refractivity contribution < 1.29 is 4.74 Å². The van der Waals surface area contributed by atoms with Crippen molar-refractivity contribution in [3.63, 3.8) is 0 Å². The van der Waals surface area contributed by atoms with Gasteiger partial charge in [-0.3, -0.25) is 0 Å². The molecule has 0 fully saturated rings. The van der Waals surface area contributed by atoms with Crippen molar-refractivity contribution in [2.24, 2.45) is 0 Å². The minimum absolute atomic E-state index is 0.213. The summed E-state index contributed by atoms with van der Waals surface area (Å²) in [7, 11) is 1.92. The highest BCUT2D eigenvalue weighted by atomic mass is 79.9. The highest BCUT2D eigenvalue weighted by molar-refractivity contribution is 9.10. The van der Waals surface area contributed by atoms with E-state index in [9.17, 15) is 0 Å². The van der Waals surface area contributed by atoms with E-state index in [1.54, 1.807) is 0 Å². The van der Waals surface area contributed by atoms with Gasteiger partial charge in [-0.05, 0) is 38.2 Å². The zero-order valence-electron chi connectivity index (χ0n) is 10.8. The van der Waals surface area contributed by atoms with Crippen LogP contribution in [0, 0.1) is 0 Å². The molecule has 0 amide bonds. The van der Waals surface area contributed by atoms with Crippen LogP contribution in [-0.4, -0.2) is 7.05 Å². The van der Waals surface area contributed by atoms with E-state index in [0.717, 1.165) is 15.8 Å². The smallest absolute Gasteiger partial charge is 0.146 e. The third-order valence-corrected chi connectivity index (χ3v) is 3.72. The number of ether oxygens (including phenoxy) is 1. The Morgan fingerprint density at radius 3 is 2.58 bits per heavy atom. The molecule has 0 spiro atoms. The first-order valence-electron chi connectivity index (χ1n) is 6.01. The number of hydrogen-bond donors (Lipinski definition) is 1. The normalized spacial score (nSPS) is 12.2. The Morgan fingerprint density at radius 2 is 1.89 bits per heavy atom. The average Bonchev–Trinajstić information content (AvgIpc) is 2.41. The number of halogens is 2. The molecule has 0 aliphatic rings. The lowest BCUT2D eigenvalue weighted by Gasteiger charge is -2.16. The summed E-state index contributed by atoms with van der Waals surface area (Å²) >= 11 is 9.56. The van der Waals surface area contributed by atoms with Gasteiger partial charge in [0.05, 0.1) is 5.02 Å². The van der Waals surface area contributed by atoms with Gasteiger partial charge in [-0.1, -0.05) is 45.7 Å². The summed E-state index contributed by atoms with van der Waals surface area (Å²) in [5.41, 5.74) is 1.10. The molecule has 4 heteroatoms. The molecule has 100 valence electrons. The fourth-order valence-corrected chi connectivity index (χ4v) is 2.48. The van der Waals surface area contributed by atoms with E-state index >= 15 is 0 Å². The summed E-state index contributed by atoms with van der Waals surface area (Å²) in [6.45, 7) is 2.09. The van der Waals surface area contributed by atoms with Crippen molar-refractivity contribution in [1.82, 2.24) is 5.32 Å². The van der Waals surface area contributed by atoms with Crippen LogP contribution in [0.3, 0.4) is 0 Å². The van der Waals surface area contributed by atoms with E-state index < -0.39 is 0 Å². The molecular weight excluding hydrogens is 326 g/mol. The molecule has 2 rings (SSSR count). The first kappa shape index (κ1) is 14.4. The number of benzene rings is 2. The van der Waals surface area contributed by atoms with Crippen molar-refractivity contribution in [1.29, 1.82) is 0 Å². The first-order valence-corrected chi connectivity index (χ1v) is 7.18. The van der Waals surface area contributed by atoms with Gasteiger partial charge in [0.1, 0.15) is 11.5 Å². The Morgan fingerprint density at radius 1 is 1.16 bits per heavy atom. The molecule has 0 aliphatic carbocycles. The topological polar surface area (TPSA) is 21.3 Å². The highest BCUT2D eigenvalue weighted by Gasteiger charge is 2.11. The van der Waals surface area contributed by atoms with Crippen LogP contribution < -0.4 is 10.1 Å². The van der Waals surface area contributed by atoms with Crippen molar-refractivity contribution in [3.8, 4) is 11.5 Å². The molecule has 0 radical (unpaired) electrons. The van der Waals surface area contributed by atoms with E-state index in [-0.39, 0.29) is 6.04 Å². The molecule has 0 bridgehead atoms. The SMILES string of the molecule is CNC(C)c1ccccc1Oc1ccc(Br)cc1Cl. The maximum Gasteiger partial charge on any atom is 0.146 e. The Hall–Kier alpha value is -1.03. The third-order valence-electron chi connectivity index (χ3n) is 2.93. The summed E-state index contributed by atoms with van der Waals surface area (Å²) in [5, 5.41) is 3.80. The molecule has 1 unspecified atom stereocenters. The van der Waals surface area contributed by atoms with Gasteiger partial charge in [-0.25, -0.2) is 0 Å². The molecule has 2 aromatic carbocycles. The van der Waals surface area contributed by atoms with Gasteiger partial charge in [0.25, 0.3) is 0 Å². The Bertz CT molecular complexity index is 574. The molecule has 2 aromatic rings. The summed E-state index contributed by atoms with van der Waals surface area (Å²) < 4.78 is 6.86. The van der Waals surface area contributed by atoms with Crippen LogP contribution >= 0.6 is 27.5 Å². The van der Waals surface area contributed by atoms with Crippen LogP contribution in [0.4, 0.5) is 0 Å². The number of rotatable bonds is 4. The van der Waals surface area contributed by atoms with Gasteiger partial charge >= 0.3 is 0 Å². The van der Waals surface area contributed by atoms with Gasteiger partial charge in [0.2, 0.25) is 0 Å². The number of nitrogens with one attached hydrogen (secondary N) is 1. The maximum atomic E-state index is 6.17. The Labute approximate surface area is 126 Å². The highest BCUT2D eigenvalue weighted by Crippen LogP contribution is 2.34. The summed E-state index contributed by atoms with van der Waals surface area (Å²) in [4.78, 5) is 0. The van der Waals surface area contributed by atoms with E-state index in [4.69, 9.17) is 16.3 Å². The largest absolute Gasteiger partial charge is 0.455 e. The van der Waals surface area contributed by atoms with E-state index in [1.165, 1.54) is 0 Å². The molecule has 1 atom stereocenters. The lowest BCUT2D eigenvalue weighted by Crippen LogP contribution is -2.13. The quantitative estimate of drug-likeness (QED) is 0.828. The van der Waals surface area contributed by atoms with Gasteiger partial charge in [0, 0.05) is 16.1 Å². The van der Waals surface area contributed by atoms with Crippen LogP contribution in [0.25, 0.3) is 0 Å². The molecule has 0 aromatic heterocycles. The molecule has 0 saturated heterocycles. The first-order chi connectivity index (χ1) is 9.11. The van der Waals surface area contributed by atoms with Crippen molar-refractivity contribution in [2.45, 2.75) is 13.0 Å². The number of para-hydroxylation sites is 1. The molecule has 2 nitrogen and oxygen atoms in total. The third kappa shape index (κ3) is 3.50. The van der Waals surface area contributed by atoms with Crippen molar-refractivity contribution in [2.75, 3.05) is 7.05 Å². The Balaban J connectivity index is 2.33.